The van der Waals surface area contributed by atoms with Crippen LogP contribution in [0.15, 0.2) is 24.3 Å². The van der Waals surface area contributed by atoms with Gasteiger partial charge in [0.15, 0.2) is 0 Å². The molecule has 0 aliphatic heterocycles. The maximum absolute atomic E-state index is 11.2. The zero-order chi connectivity index (χ0) is 11.7. The molecule has 1 aliphatic carbocycles. The summed E-state index contributed by atoms with van der Waals surface area (Å²) in [4.78, 5) is 21.1. The molecule has 0 bridgehead atoms. The summed E-state index contributed by atoms with van der Waals surface area (Å²) in [5, 5.41) is 20.3. The molecule has 0 unspecified atom stereocenters. The van der Waals surface area contributed by atoms with Gasteiger partial charge in [-0.3, -0.25) is 14.9 Å². The van der Waals surface area contributed by atoms with Crippen molar-refractivity contribution in [3.8, 4) is 0 Å². The van der Waals surface area contributed by atoms with Gasteiger partial charge in [-0.15, -0.1) is 0 Å². The quantitative estimate of drug-likeness (QED) is 0.621. The molecular formula is C11H11NO4. The molecule has 0 amide bonds. The highest BCUT2D eigenvalue weighted by atomic mass is 16.6. The highest BCUT2D eigenvalue weighted by Gasteiger charge is 2.35. The maximum Gasteiger partial charge on any atom is 0.269 e. The summed E-state index contributed by atoms with van der Waals surface area (Å²) < 4.78 is 0. The molecular weight excluding hydrogens is 210 g/mol. The van der Waals surface area contributed by atoms with Crippen LogP contribution < -0.4 is 0 Å². The normalized spacial score (nSPS) is 21.3. The monoisotopic (exact) mass is 221 g/mol. The summed E-state index contributed by atoms with van der Waals surface area (Å²) in [6.45, 7) is 0. The maximum atomic E-state index is 11.2. The fourth-order valence-electron chi connectivity index (χ4n) is 1.79. The minimum Gasteiger partial charge on any atom is -0.388 e. The third-order valence-electron chi connectivity index (χ3n) is 2.94. The number of nitrogens with zero attached hydrogens (tertiary/aromatic N) is 1. The molecule has 2 rings (SSSR count). The molecule has 5 nitrogen and oxygen atoms in total. The van der Waals surface area contributed by atoms with Gasteiger partial charge < -0.3 is 5.11 Å². The van der Waals surface area contributed by atoms with Crippen LogP contribution in [0.4, 0.5) is 5.69 Å². The lowest BCUT2D eigenvalue weighted by Gasteiger charge is -2.28. The van der Waals surface area contributed by atoms with Crippen LogP contribution in [0.5, 0.6) is 0 Å². The molecule has 0 radical (unpaired) electrons. The van der Waals surface area contributed by atoms with Crippen molar-refractivity contribution in [1.29, 1.82) is 0 Å². The Labute approximate surface area is 91.9 Å². The number of ketones is 1. The first-order valence-corrected chi connectivity index (χ1v) is 5.04. The SMILES string of the molecule is O=C1CC[C@@H]1[C@@H](O)c1ccc([N+](=O)[O-])cc1. The van der Waals surface area contributed by atoms with E-state index in [0.29, 0.717) is 18.4 Å². The van der Waals surface area contributed by atoms with Crippen LogP contribution in [-0.4, -0.2) is 15.8 Å². The Morgan fingerprint density at radius 2 is 2.00 bits per heavy atom. The highest BCUT2D eigenvalue weighted by molar-refractivity contribution is 5.87. The zero-order valence-electron chi connectivity index (χ0n) is 8.50. The lowest BCUT2D eigenvalue weighted by Crippen LogP contribution is -2.31. The number of non-ortho nitro benzene ring substituents is 1. The molecule has 5 heteroatoms. The second-order valence-electron chi connectivity index (χ2n) is 3.90. The fourth-order valence-corrected chi connectivity index (χ4v) is 1.79. The third-order valence-corrected chi connectivity index (χ3v) is 2.94. The Bertz CT molecular complexity index is 426. The number of aliphatic hydroxyl groups is 1. The smallest absolute Gasteiger partial charge is 0.269 e. The van der Waals surface area contributed by atoms with Crippen molar-refractivity contribution < 1.29 is 14.8 Å². The number of rotatable bonds is 3. The van der Waals surface area contributed by atoms with Crippen LogP contribution >= 0.6 is 0 Å². The number of nitro benzene ring substituents is 1. The average Bonchev–Trinajstić information content (AvgIpc) is 2.27. The van der Waals surface area contributed by atoms with E-state index in [1.54, 1.807) is 0 Å². The van der Waals surface area contributed by atoms with Gasteiger partial charge in [-0.25, -0.2) is 0 Å². The molecule has 2 atom stereocenters. The van der Waals surface area contributed by atoms with Crippen molar-refractivity contribution in [1.82, 2.24) is 0 Å². The van der Waals surface area contributed by atoms with Crippen LogP contribution in [0.3, 0.4) is 0 Å². The summed E-state index contributed by atoms with van der Waals surface area (Å²) in [5.41, 5.74) is 0.541. The summed E-state index contributed by atoms with van der Waals surface area (Å²) >= 11 is 0. The van der Waals surface area contributed by atoms with E-state index >= 15 is 0 Å². The number of hydrogen-bond donors (Lipinski definition) is 1. The van der Waals surface area contributed by atoms with Gasteiger partial charge in [0.2, 0.25) is 0 Å². The van der Waals surface area contributed by atoms with Gasteiger partial charge in [0.25, 0.3) is 5.69 Å². The van der Waals surface area contributed by atoms with E-state index < -0.39 is 11.0 Å². The van der Waals surface area contributed by atoms with Crippen LogP contribution in [0.2, 0.25) is 0 Å². The Morgan fingerprint density at radius 1 is 1.38 bits per heavy atom. The molecule has 0 saturated heterocycles. The predicted molar refractivity (Wildman–Crippen MR) is 55.8 cm³/mol. The lowest BCUT2D eigenvalue weighted by atomic mass is 9.77. The van der Waals surface area contributed by atoms with E-state index in [1.165, 1.54) is 24.3 Å². The highest BCUT2D eigenvalue weighted by Crippen LogP contribution is 2.35. The Balaban J connectivity index is 2.15. The minimum atomic E-state index is -0.831. The minimum absolute atomic E-state index is 0.0177. The largest absolute Gasteiger partial charge is 0.388 e. The van der Waals surface area contributed by atoms with Gasteiger partial charge in [-0.2, -0.15) is 0 Å². The van der Waals surface area contributed by atoms with Gasteiger partial charge in [0.1, 0.15) is 5.78 Å². The molecule has 1 N–H and O–H groups in total. The molecule has 1 aromatic carbocycles. The number of Topliss-reactive ketones (excluding diaryl/α,β-unsaturated/α-hetero) is 1. The van der Waals surface area contributed by atoms with Crippen molar-refractivity contribution in [2.24, 2.45) is 5.92 Å². The topological polar surface area (TPSA) is 80.4 Å². The lowest BCUT2D eigenvalue weighted by molar-refractivity contribution is -0.384. The van der Waals surface area contributed by atoms with Crippen LogP contribution in [0.25, 0.3) is 0 Å². The Morgan fingerprint density at radius 3 is 2.38 bits per heavy atom. The van der Waals surface area contributed by atoms with E-state index in [-0.39, 0.29) is 17.4 Å². The first-order chi connectivity index (χ1) is 7.59. The van der Waals surface area contributed by atoms with Gasteiger partial charge in [0, 0.05) is 24.5 Å². The first-order valence-electron chi connectivity index (χ1n) is 5.04. The fraction of sp³-hybridized carbons (Fsp3) is 0.364. The Hall–Kier alpha value is -1.75. The number of aliphatic hydroxyl groups excluding tert-OH is 1. The van der Waals surface area contributed by atoms with Crippen LogP contribution in [-0.2, 0) is 4.79 Å². The van der Waals surface area contributed by atoms with E-state index in [1.807, 2.05) is 0 Å². The molecule has 0 heterocycles. The second kappa shape index (κ2) is 4.02. The average molecular weight is 221 g/mol. The molecule has 1 saturated carbocycles. The van der Waals surface area contributed by atoms with Crippen molar-refractivity contribution in [2.45, 2.75) is 18.9 Å². The molecule has 16 heavy (non-hydrogen) atoms. The van der Waals surface area contributed by atoms with Gasteiger partial charge in [-0.05, 0) is 24.1 Å². The zero-order valence-corrected chi connectivity index (χ0v) is 8.50. The number of nitro groups is 1. The second-order valence-corrected chi connectivity index (χ2v) is 3.90. The van der Waals surface area contributed by atoms with Crippen LogP contribution in [0.1, 0.15) is 24.5 Å². The summed E-state index contributed by atoms with van der Waals surface area (Å²) in [6, 6.07) is 5.66. The number of carbonyl (C=O) groups is 1. The number of hydrogen-bond acceptors (Lipinski definition) is 4. The van der Waals surface area contributed by atoms with E-state index in [0.717, 1.165) is 0 Å². The number of carbonyl (C=O) groups excluding carboxylic acids is 1. The van der Waals surface area contributed by atoms with E-state index in [2.05, 4.69) is 0 Å². The third kappa shape index (κ3) is 1.81. The van der Waals surface area contributed by atoms with E-state index in [9.17, 15) is 20.0 Å². The summed E-state index contributed by atoms with van der Waals surface area (Å²) in [6.07, 6.45) is 0.383. The van der Waals surface area contributed by atoms with Gasteiger partial charge in [0.05, 0.1) is 11.0 Å². The van der Waals surface area contributed by atoms with Crippen LogP contribution in [0, 0.1) is 16.0 Å². The van der Waals surface area contributed by atoms with Gasteiger partial charge >= 0.3 is 0 Å². The molecule has 1 aromatic rings. The van der Waals surface area contributed by atoms with Crippen molar-refractivity contribution in [3.05, 3.63) is 39.9 Å². The number of benzene rings is 1. The molecule has 1 aliphatic rings. The summed E-state index contributed by atoms with van der Waals surface area (Å²) in [7, 11) is 0. The summed E-state index contributed by atoms with van der Waals surface area (Å²) in [5.74, 6) is -0.271. The van der Waals surface area contributed by atoms with Crippen molar-refractivity contribution >= 4 is 11.5 Å². The molecule has 1 fully saturated rings. The van der Waals surface area contributed by atoms with Crippen molar-refractivity contribution in [3.63, 3.8) is 0 Å². The first kappa shape index (κ1) is 10.8. The van der Waals surface area contributed by atoms with E-state index in [4.69, 9.17) is 0 Å². The van der Waals surface area contributed by atoms with Crippen molar-refractivity contribution in [2.75, 3.05) is 0 Å². The Kier molecular flexibility index (Phi) is 2.70. The standard InChI is InChI=1S/C11H11NO4/c13-10-6-5-9(10)11(14)7-1-3-8(4-2-7)12(15)16/h1-4,9,11,14H,5-6H2/t9-,11-/m0/s1. The molecule has 0 aromatic heterocycles. The molecule has 84 valence electrons. The van der Waals surface area contributed by atoms with Gasteiger partial charge in [-0.1, -0.05) is 0 Å². The molecule has 0 spiro atoms. The predicted octanol–water partition coefficient (Wildman–Crippen LogP) is 1.61.